The molecule has 0 atom stereocenters. The van der Waals surface area contributed by atoms with Crippen molar-refractivity contribution in [3.05, 3.63) is 82.1 Å². The van der Waals surface area contributed by atoms with E-state index in [9.17, 15) is 9.90 Å². The predicted molar refractivity (Wildman–Crippen MR) is 110 cm³/mol. The summed E-state index contributed by atoms with van der Waals surface area (Å²) in [6, 6.07) is 12.8. The van der Waals surface area contributed by atoms with Gasteiger partial charge in [-0.05, 0) is 59.9 Å². The molecular weight excluding hydrogens is 382 g/mol. The zero-order valence-electron chi connectivity index (χ0n) is 17.0. The molecule has 1 N–H and O–H groups in total. The van der Waals surface area contributed by atoms with Crippen molar-refractivity contribution in [2.24, 2.45) is 0 Å². The highest BCUT2D eigenvalue weighted by atomic mass is 16.5. The van der Waals surface area contributed by atoms with Crippen LogP contribution in [0, 0.1) is 25.2 Å². The first-order chi connectivity index (χ1) is 14.4. The monoisotopic (exact) mass is 403 g/mol. The van der Waals surface area contributed by atoms with Crippen LogP contribution in [0.1, 0.15) is 50.8 Å². The van der Waals surface area contributed by atoms with Crippen LogP contribution in [0.15, 0.2) is 46.9 Å². The molecule has 7 nitrogen and oxygen atoms in total. The molecule has 0 saturated heterocycles. The second kappa shape index (κ2) is 9.05. The molecule has 152 valence electrons. The SMILES string of the molecule is COc1c(C)cc(C(=CCCc2nnc(C)o2)c2ccc(C#N)cc2)cc1C(=O)O. The quantitative estimate of drug-likeness (QED) is 0.625. The lowest BCUT2D eigenvalue weighted by Gasteiger charge is -2.14. The Balaban J connectivity index is 2.05. The molecule has 0 aliphatic rings. The molecule has 30 heavy (non-hydrogen) atoms. The minimum absolute atomic E-state index is 0.0968. The van der Waals surface area contributed by atoms with Crippen LogP contribution in [0.5, 0.6) is 5.75 Å². The lowest BCUT2D eigenvalue weighted by Crippen LogP contribution is -2.04. The Hall–Kier alpha value is -3.92. The molecule has 1 heterocycles. The first-order valence-electron chi connectivity index (χ1n) is 9.35. The van der Waals surface area contributed by atoms with E-state index in [4.69, 9.17) is 14.4 Å². The van der Waals surface area contributed by atoms with Crippen LogP contribution in [-0.4, -0.2) is 28.4 Å². The number of carbonyl (C=O) groups is 1. The average molecular weight is 403 g/mol. The average Bonchev–Trinajstić information content (AvgIpc) is 3.15. The molecule has 3 rings (SSSR count). The summed E-state index contributed by atoms with van der Waals surface area (Å²) in [5, 5.41) is 26.6. The van der Waals surface area contributed by atoms with Crippen molar-refractivity contribution in [3.8, 4) is 11.8 Å². The molecule has 7 heteroatoms. The smallest absolute Gasteiger partial charge is 0.339 e. The Bertz CT molecular complexity index is 1140. The molecule has 0 aliphatic heterocycles. The van der Waals surface area contributed by atoms with Crippen molar-refractivity contribution in [1.82, 2.24) is 10.2 Å². The summed E-state index contributed by atoms with van der Waals surface area (Å²) in [7, 11) is 1.46. The van der Waals surface area contributed by atoms with Gasteiger partial charge in [0.2, 0.25) is 11.8 Å². The van der Waals surface area contributed by atoms with E-state index in [1.54, 1.807) is 25.1 Å². The van der Waals surface area contributed by atoms with E-state index in [1.165, 1.54) is 7.11 Å². The summed E-state index contributed by atoms with van der Waals surface area (Å²) in [4.78, 5) is 11.8. The fourth-order valence-corrected chi connectivity index (χ4v) is 3.26. The van der Waals surface area contributed by atoms with Crippen molar-refractivity contribution < 1.29 is 19.1 Å². The number of ether oxygens (including phenoxy) is 1. The standard InChI is InChI=1S/C23H21N3O4/c1-14-11-18(12-20(23(27)28)22(14)29-3)19(17-9-7-16(13-24)8-10-17)5-4-6-21-26-25-15(2)30-21/h5,7-12H,4,6H2,1-3H3,(H,27,28). The van der Waals surface area contributed by atoms with Crippen molar-refractivity contribution in [2.75, 3.05) is 7.11 Å². The number of carboxylic acid groups (broad SMARTS) is 1. The van der Waals surface area contributed by atoms with E-state index in [0.29, 0.717) is 35.9 Å². The maximum atomic E-state index is 11.8. The number of benzene rings is 2. The maximum Gasteiger partial charge on any atom is 0.339 e. The van der Waals surface area contributed by atoms with Gasteiger partial charge in [0, 0.05) is 13.3 Å². The molecule has 0 aliphatic carbocycles. The molecule has 0 amide bonds. The molecule has 0 unspecified atom stereocenters. The first kappa shape index (κ1) is 20.8. The highest BCUT2D eigenvalue weighted by Crippen LogP contribution is 2.32. The van der Waals surface area contributed by atoms with Crippen LogP contribution in [0.3, 0.4) is 0 Å². The Morgan fingerprint density at radius 1 is 1.20 bits per heavy atom. The fourth-order valence-electron chi connectivity index (χ4n) is 3.26. The van der Waals surface area contributed by atoms with Crippen LogP contribution in [0.4, 0.5) is 0 Å². The number of hydrogen-bond donors (Lipinski definition) is 1. The molecule has 0 saturated carbocycles. The van der Waals surface area contributed by atoms with E-state index in [-0.39, 0.29) is 5.56 Å². The third kappa shape index (κ3) is 4.55. The van der Waals surface area contributed by atoms with Gasteiger partial charge in [0.25, 0.3) is 0 Å². The van der Waals surface area contributed by atoms with Crippen LogP contribution < -0.4 is 4.74 Å². The Morgan fingerprint density at radius 2 is 1.93 bits per heavy atom. The van der Waals surface area contributed by atoms with E-state index in [0.717, 1.165) is 22.3 Å². The Kier molecular flexibility index (Phi) is 6.28. The minimum atomic E-state index is -1.06. The number of methoxy groups -OCH3 is 1. The summed E-state index contributed by atoms with van der Waals surface area (Å²) in [5.74, 6) is 0.335. The normalized spacial score (nSPS) is 11.2. The Labute approximate surface area is 174 Å². The van der Waals surface area contributed by atoms with Gasteiger partial charge in [0.05, 0.1) is 18.7 Å². The molecule has 0 spiro atoms. The third-order valence-corrected chi connectivity index (χ3v) is 4.62. The highest BCUT2D eigenvalue weighted by Gasteiger charge is 2.17. The molecule has 0 radical (unpaired) electrons. The van der Waals surface area contributed by atoms with Crippen LogP contribution in [0.25, 0.3) is 5.57 Å². The number of aromatic nitrogens is 2. The van der Waals surface area contributed by atoms with Crippen LogP contribution >= 0.6 is 0 Å². The van der Waals surface area contributed by atoms with Gasteiger partial charge in [0.1, 0.15) is 11.3 Å². The molecule has 2 aromatic carbocycles. The number of nitrogens with zero attached hydrogens (tertiary/aromatic N) is 3. The zero-order chi connectivity index (χ0) is 21.7. The molecular formula is C23H21N3O4. The molecule has 3 aromatic rings. The number of hydrogen-bond acceptors (Lipinski definition) is 6. The van der Waals surface area contributed by atoms with Crippen molar-refractivity contribution in [1.29, 1.82) is 5.26 Å². The van der Waals surface area contributed by atoms with Crippen molar-refractivity contribution >= 4 is 11.5 Å². The number of aryl methyl sites for hydroxylation is 3. The lowest BCUT2D eigenvalue weighted by molar-refractivity contribution is 0.0693. The maximum absolute atomic E-state index is 11.8. The molecule has 1 aromatic heterocycles. The van der Waals surface area contributed by atoms with Gasteiger partial charge < -0.3 is 14.3 Å². The minimum Gasteiger partial charge on any atom is -0.496 e. The van der Waals surface area contributed by atoms with E-state index < -0.39 is 5.97 Å². The second-order valence-electron chi connectivity index (χ2n) is 6.74. The second-order valence-corrected chi connectivity index (χ2v) is 6.74. The van der Waals surface area contributed by atoms with Crippen molar-refractivity contribution in [3.63, 3.8) is 0 Å². The molecule has 0 fully saturated rings. The topological polar surface area (TPSA) is 109 Å². The predicted octanol–water partition coefficient (Wildman–Crippen LogP) is 4.33. The van der Waals surface area contributed by atoms with Gasteiger partial charge in [-0.2, -0.15) is 5.26 Å². The summed E-state index contributed by atoms with van der Waals surface area (Å²) in [5.41, 5.74) is 3.84. The zero-order valence-corrected chi connectivity index (χ0v) is 17.0. The van der Waals surface area contributed by atoms with Gasteiger partial charge in [-0.3, -0.25) is 0 Å². The van der Waals surface area contributed by atoms with Crippen LogP contribution in [-0.2, 0) is 6.42 Å². The summed E-state index contributed by atoms with van der Waals surface area (Å²) < 4.78 is 10.7. The van der Waals surface area contributed by atoms with Gasteiger partial charge in [0.15, 0.2) is 0 Å². The largest absolute Gasteiger partial charge is 0.496 e. The number of allylic oxidation sites excluding steroid dienone is 1. The number of nitriles is 1. The number of carboxylic acids is 1. The Morgan fingerprint density at radius 3 is 2.50 bits per heavy atom. The fraction of sp³-hybridized carbons (Fsp3) is 0.217. The van der Waals surface area contributed by atoms with Gasteiger partial charge >= 0.3 is 5.97 Å². The third-order valence-electron chi connectivity index (χ3n) is 4.62. The van der Waals surface area contributed by atoms with Gasteiger partial charge in [-0.25, -0.2) is 4.79 Å². The summed E-state index contributed by atoms with van der Waals surface area (Å²) in [6.45, 7) is 3.55. The lowest BCUT2D eigenvalue weighted by atomic mass is 9.92. The number of aromatic carboxylic acids is 1. The van der Waals surface area contributed by atoms with E-state index in [2.05, 4.69) is 16.3 Å². The summed E-state index contributed by atoms with van der Waals surface area (Å²) in [6.07, 6.45) is 3.18. The van der Waals surface area contributed by atoms with E-state index >= 15 is 0 Å². The number of rotatable bonds is 7. The van der Waals surface area contributed by atoms with Gasteiger partial charge in [-0.15, -0.1) is 10.2 Å². The highest BCUT2D eigenvalue weighted by molar-refractivity contribution is 5.94. The first-order valence-corrected chi connectivity index (χ1v) is 9.35. The van der Waals surface area contributed by atoms with Crippen molar-refractivity contribution in [2.45, 2.75) is 26.7 Å². The van der Waals surface area contributed by atoms with E-state index in [1.807, 2.05) is 31.2 Å². The molecule has 0 bridgehead atoms. The van der Waals surface area contributed by atoms with Gasteiger partial charge in [-0.1, -0.05) is 18.2 Å². The van der Waals surface area contributed by atoms with Crippen LogP contribution in [0.2, 0.25) is 0 Å². The summed E-state index contributed by atoms with van der Waals surface area (Å²) >= 11 is 0.